The quantitative estimate of drug-likeness (QED) is 0.119. The first-order chi connectivity index (χ1) is 19.7. The average Bonchev–Trinajstić information content (AvgIpc) is 2.98. The molecule has 0 amide bonds. The van der Waals surface area contributed by atoms with E-state index in [9.17, 15) is 0 Å². The summed E-state index contributed by atoms with van der Waals surface area (Å²) >= 11 is 0. The number of hydrazone groups is 1. The fourth-order valence-electron chi connectivity index (χ4n) is 3.73. The normalized spacial score (nSPS) is 10.7. The summed E-state index contributed by atoms with van der Waals surface area (Å²) in [4.78, 5) is 13.5. The van der Waals surface area contributed by atoms with Crippen molar-refractivity contribution in [1.29, 1.82) is 0 Å². The lowest BCUT2D eigenvalue weighted by atomic mass is 10.2. The topological polar surface area (TPSA) is 106 Å². The van der Waals surface area contributed by atoms with Gasteiger partial charge in [0, 0.05) is 11.4 Å². The molecule has 40 heavy (non-hydrogen) atoms. The number of hydrogen-bond acceptors (Lipinski definition) is 9. The van der Waals surface area contributed by atoms with Crippen molar-refractivity contribution in [1.82, 2.24) is 15.0 Å². The number of ether oxygens (including phenoxy) is 2. The lowest BCUT2D eigenvalue weighted by molar-refractivity contribution is 0.269. The Bertz CT molecular complexity index is 1470. The molecule has 1 heterocycles. The predicted molar refractivity (Wildman–Crippen MR) is 159 cm³/mol. The molecule has 0 saturated carbocycles. The Balaban J connectivity index is 1.31. The van der Waals surface area contributed by atoms with Gasteiger partial charge in [0.2, 0.25) is 17.8 Å². The minimum atomic E-state index is 0.274. The van der Waals surface area contributed by atoms with Gasteiger partial charge in [-0.25, -0.2) is 5.43 Å². The second-order valence-corrected chi connectivity index (χ2v) is 8.57. The van der Waals surface area contributed by atoms with Crippen LogP contribution in [0.15, 0.2) is 114 Å². The highest BCUT2D eigenvalue weighted by molar-refractivity contribution is 5.81. The minimum Gasteiger partial charge on any atom is -0.490 e. The molecule has 0 saturated heterocycles. The van der Waals surface area contributed by atoms with Crippen molar-refractivity contribution >= 4 is 35.4 Å². The number of nitrogens with one attached hydrogen (secondary N) is 3. The van der Waals surface area contributed by atoms with Crippen LogP contribution in [-0.4, -0.2) is 27.8 Å². The third kappa shape index (κ3) is 7.55. The van der Waals surface area contributed by atoms with E-state index in [2.05, 4.69) is 36.1 Å². The summed E-state index contributed by atoms with van der Waals surface area (Å²) in [7, 11) is 0. The third-order valence-electron chi connectivity index (χ3n) is 5.58. The van der Waals surface area contributed by atoms with Crippen molar-refractivity contribution in [3.63, 3.8) is 0 Å². The van der Waals surface area contributed by atoms with E-state index in [-0.39, 0.29) is 5.95 Å². The Morgan fingerprint density at radius 3 is 1.82 bits per heavy atom. The third-order valence-corrected chi connectivity index (χ3v) is 5.58. The van der Waals surface area contributed by atoms with Crippen LogP contribution in [0.5, 0.6) is 11.5 Å². The van der Waals surface area contributed by atoms with Crippen LogP contribution in [0.4, 0.5) is 29.2 Å². The smallest absolute Gasteiger partial charge is 0.250 e. The molecule has 5 rings (SSSR count). The first kappa shape index (κ1) is 26.2. The molecule has 200 valence electrons. The first-order valence-corrected chi connectivity index (χ1v) is 12.9. The lowest BCUT2D eigenvalue weighted by Crippen LogP contribution is -2.07. The van der Waals surface area contributed by atoms with Crippen molar-refractivity contribution in [3.8, 4) is 11.5 Å². The molecule has 9 nitrogen and oxygen atoms in total. The highest BCUT2D eigenvalue weighted by Gasteiger charge is 2.09. The number of para-hydroxylation sites is 2. The molecule has 0 aliphatic heterocycles. The predicted octanol–water partition coefficient (Wildman–Crippen LogP) is 6.78. The van der Waals surface area contributed by atoms with Crippen LogP contribution >= 0.6 is 0 Å². The van der Waals surface area contributed by atoms with E-state index in [4.69, 9.17) is 9.47 Å². The van der Waals surface area contributed by atoms with E-state index >= 15 is 0 Å². The van der Waals surface area contributed by atoms with Crippen LogP contribution in [0.2, 0.25) is 0 Å². The molecule has 9 heteroatoms. The molecule has 0 fully saturated rings. The molecule has 3 N–H and O–H groups in total. The molecule has 0 atom stereocenters. The maximum atomic E-state index is 6.00. The van der Waals surface area contributed by atoms with Crippen LogP contribution in [0.3, 0.4) is 0 Å². The Labute approximate surface area is 233 Å². The second kappa shape index (κ2) is 13.4. The Hall–Kier alpha value is -5.44. The number of rotatable bonds is 12. The number of aromatic nitrogens is 3. The molecular formula is C31H29N7O2. The highest BCUT2D eigenvalue weighted by atomic mass is 16.5. The maximum Gasteiger partial charge on any atom is 0.250 e. The zero-order valence-electron chi connectivity index (χ0n) is 22.0. The standard InChI is InChI=1S/C31H29N7O2/c1-2-39-28-20-24(18-19-27(28)40-22-23-12-6-3-7-13-23)21-32-38-31-36-29(33-25-14-8-4-9-15-25)35-30(37-31)34-26-16-10-5-11-17-26/h3-21H,2,22H2,1H3,(H3,33,34,35,36,37,38)/b32-21+. The van der Waals surface area contributed by atoms with Gasteiger partial charge in [-0.05, 0) is 60.5 Å². The average molecular weight is 532 g/mol. The Morgan fingerprint density at radius 1 is 0.650 bits per heavy atom. The van der Waals surface area contributed by atoms with Gasteiger partial charge in [0.25, 0.3) is 0 Å². The number of anilines is 5. The van der Waals surface area contributed by atoms with Crippen molar-refractivity contribution in [2.24, 2.45) is 5.10 Å². The van der Waals surface area contributed by atoms with E-state index < -0.39 is 0 Å². The summed E-state index contributed by atoms with van der Waals surface area (Å²) in [5.74, 6) is 2.33. The zero-order chi connectivity index (χ0) is 27.4. The molecule has 0 unspecified atom stereocenters. The van der Waals surface area contributed by atoms with E-state index in [1.54, 1.807) is 6.21 Å². The van der Waals surface area contributed by atoms with Gasteiger partial charge in [-0.3, -0.25) is 0 Å². The minimum absolute atomic E-state index is 0.274. The van der Waals surface area contributed by atoms with Gasteiger partial charge in [-0.1, -0.05) is 66.7 Å². The molecule has 0 spiro atoms. The van der Waals surface area contributed by atoms with E-state index in [1.807, 2.05) is 116 Å². The highest BCUT2D eigenvalue weighted by Crippen LogP contribution is 2.29. The number of benzene rings is 4. The van der Waals surface area contributed by atoms with Gasteiger partial charge < -0.3 is 20.1 Å². The molecular weight excluding hydrogens is 502 g/mol. The summed E-state index contributed by atoms with van der Waals surface area (Å²) in [6, 6.07) is 35.0. The number of hydrogen-bond donors (Lipinski definition) is 3. The van der Waals surface area contributed by atoms with Crippen molar-refractivity contribution in [2.75, 3.05) is 22.7 Å². The largest absolute Gasteiger partial charge is 0.490 e. The lowest BCUT2D eigenvalue weighted by Gasteiger charge is -2.12. The molecule has 0 aliphatic carbocycles. The van der Waals surface area contributed by atoms with Crippen LogP contribution in [0, 0.1) is 0 Å². The summed E-state index contributed by atoms with van der Waals surface area (Å²) in [6.07, 6.45) is 1.67. The molecule has 0 bridgehead atoms. The van der Waals surface area contributed by atoms with Crippen LogP contribution in [0.1, 0.15) is 18.1 Å². The maximum absolute atomic E-state index is 6.00. The van der Waals surface area contributed by atoms with Crippen LogP contribution < -0.4 is 25.5 Å². The SMILES string of the molecule is CCOc1cc(/C=N/Nc2nc(Nc3ccccc3)nc(Nc3ccccc3)n2)ccc1OCc1ccccc1. The van der Waals surface area contributed by atoms with Gasteiger partial charge in [0.05, 0.1) is 12.8 Å². The molecule has 5 aromatic rings. The molecule has 1 aromatic heterocycles. The van der Waals surface area contributed by atoms with Gasteiger partial charge in [-0.2, -0.15) is 20.1 Å². The van der Waals surface area contributed by atoms with Gasteiger partial charge in [0.1, 0.15) is 6.61 Å². The zero-order valence-corrected chi connectivity index (χ0v) is 22.0. The van der Waals surface area contributed by atoms with Crippen molar-refractivity contribution < 1.29 is 9.47 Å². The molecule has 0 aliphatic rings. The van der Waals surface area contributed by atoms with Gasteiger partial charge in [-0.15, -0.1) is 0 Å². The number of nitrogens with zero attached hydrogens (tertiary/aromatic N) is 4. The summed E-state index contributed by atoms with van der Waals surface area (Å²) in [6.45, 7) is 2.90. The second-order valence-electron chi connectivity index (χ2n) is 8.57. The molecule has 0 radical (unpaired) electrons. The van der Waals surface area contributed by atoms with E-state index in [0.717, 1.165) is 22.5 Å². The Kier molecular flexibility index (Phi) is 8.76. The van der Waals surface area contributed by atoms with E-state index in [1.165, 1.54) is 0 Å². The summed E-state index contributed by atoms with van der Waals surface area (Å²) in [5.41, 5.74) is 6.52. The summed E-state index contributed by atoms with van der Waals surface area (Å²) in [5, 5.41) is 10.8. The van der Waals surface area contributed by atoms with E-state index in [0.29, 0.717) is 36.6 Å². The Morgan fingerprint density at radius 2 is 1.23 bits per heavy atom. The van der Waals surface area contributed by atoms with Crippen molar-refractivity contribution in [2.45, 2.75) is 13.5 Å². The monoisotopic (exact) mass is 531 g/mol. The fourth-order valence-corrected chi connectivity index (χ4v) is 3.73. The fraction of sp³-hybridized carbons (Fsp3) is 0.0968. The van der Waals surface area contributed by atoms with Gasteiger partial charge >= 0.3 is 0 Å². The molecule has 4 aromatic carbocycles. The van der Waals surface area contributed by atoms with Crippen LogP contribution in [0.25, 0.3) is 0 Å². The van der Waals surface area contributed by atoms with Crippen molar-refractivity contribution in [3.05, 3.63) is 120 Å². The van der Waals surface area contributed by atoms with Crippen LogP contribution in [-0.2, 0) is 6.61 Å². The first-order valence-electron chi connectivity index (χ1n) is 12.9. The van der Waals surface area contributed by atoms with Gasteiger partial charge in [0.15, 0.2) is 11.5 Å². The summed E-state index contributed by atoms with van der Waals surface area (Å²) < 4.78 is 11.8.